The topological polar surface area (TPSA) is 86.6 Å². The summed E-state index contributed by atoms with van der Waals surface area (Å²) in [5.41, 5.74) is 0. The van der Waals surface area contributed by atoms with Crippen LogP contribution in [0.2, 0.25) is 0 Å². The summed E-state index contributed by atoms with van der Waals surface area (Å²) in [7, 11) is 0. The summed E-state index contributed by atoms with van der Waals surface area (Å²) in [6, 6.07) is 6.33. The van der Waals surface area contributed by atoms with Crippen LogP contribution in [0.25, 0.3) is 0 Å². The number of carbonyl (C=O) groups is 2. The van der Waals surface area contributed by atoms with Crippen molar-refractivity contribution in [2.75, 3.05) is 18.0 Å². The highest BCUT2D eigenvalue weighted by atomic mass is 32.1. The molecule has 0 aromatic carbocycles. The van der Waals surface area contributed by atoms with Crippen molar-refractivity contribution in [1.82, 2.24) is 14.9 Å². The van der Waals surface area contributed by atoms with E-state index < -0.39 is 12.1 Å². The minimum absolute atomic E-state index is 0.174. The smallest absolute Gasteiger partial charge is 0.475 e. The summed E-state index contributed by atoms with van der Waals surface area (Å²) in [4.78, 5) is 35.3. The number of carbonyl (C=O) groups excluding carboxylic acids is 1. The van der Waals surface area contributed by atoms with Crippen LogP contribution in [0, 0.1) is 0 Å². The van der Waals surface area contributed by atoms with Crippen molar-refractivity contribution < 1.29 is 27.9 Å². The molecule has 2 aromatic heterocycles. The molecule has 1 N–H and O–H groups in total. The third-order valence-electron chi connectivity index (χ3n) is 4.62. The van der Waals surface area contributed by atoms with E-state index in [1.165, 1.54) is 11.3 Å². The molecule has 2 saturated heterocycles. The van der Waals surface area contributed by atoms with Gasteiger partial charge in [0.1, 0.15) is 0 Å². The number of thiophene rings is 1. The first-order chi connectivity index (χ1) is 13.3. The van der Waals surface area contributed by atoms with Gasteiger partial charge < -0.3 is 14.9 Å². The largest absolute Gasteiger partial charge is 0.490 e. The molecule has 2 aromatic rings. The quantitative estimate of drug-likeness (QED) is 0.813. The maximum atomic E-state index is 12.6. The number of aliphatic carboxylic acids is 1. The Labute approximate surface area is 162 Å². The molecule has 7 nitrogen and oxygen atoms in total. The number of hydrogen-bond donors (Lipinski definition) is 1. The Morgan fingerprint density at radius 2 is 1.75 bits per heavy atom. The second-order valence-electron chi connectivity index (χ2n) is 6.23. The Morgan fingerprint density at radius 1 is 1.11 bits per heavy atom. The number of alkyl halides is 3. The van der Waals surface area contributed by atoms with Gasteiger partial charge in [0.15, 0.2) is 0 Å². The van der Waals surface area contributed by atoms with Crippen LogP contribution in [0.4, 0.5) is 19.1 Å². The number of nitrogens with zero attached hydrogens (tertiary/aromatic N) is 4. The molecule has 1 amide bonds. The van der Waals surface area contributed by atoms with E-state index >= 15 is 0 Å². The molecule has 4 heterocycles. The van der Waals surface area contributed by atoms with Gasteiger partial charge in [-0.15, -0.1) is 11.3 Å². The van der Waals surface area contributed by atoms with E-state index in [0.29, 0.717) is 12.1 Å². The van der Waals surface area contributed by atoms with Crippen LogP contribution in [0.5, 0.6) is 0 Å². The van der Waals surface area contributed by atoms with Crippen molar-refractivity contribution in [3.63, 3.8) is 0 Å². The number of anilines is 1. The van der Waals surface area contributed by atoms with Gasteiger partial charge in [0.05, 0.1) is 17.0 Å². The Balaban J connectivity index is 0.000000279. The van der Waals surface area contributed by atoms with Crippen LogP contribution in [0.3, 0.4) is 0 Å². The van der Waals surface area contributed by atoms with Crippen LogP contribution < -0.4 is 4.90 Å². The third-order valence-corrected chi connectivity index (χ3v) is 5.48. The summed E-state index contributed by atoms with van der Waals surface area (Å²) < 4.78 is 31.7. The second-order valence-corrected chi connectivity index (χ2v) is 7.18. The van der Waals surface area contributed by atoms with Gasteiger partial charge in [0.2, 0.25) is 5.95 Å². The van der Waals surface area contributed by atoms with Crippen molar-refractivity contribution in [3.05, 3.63) is 40.8 Å². The Bertz CT molecular complexity index is 817. The summed E-state index contributed by atoms with van der Waals surface area (Å²) in [6.45, 7) is 1.75. The van der Waals surface area contributed by atoms with E-state index in [1.807, 2.05) is 28.5 Å². The van der Waals surface area contributed by atoms with Crippen molar-refractivity contribution in [1.29, 1.82) is 0 Å². The lowest BCUT2D eigenvalue weighted by atomic mass is 10.1. The fraction of sp³-hybridized carbons (Fsp3) is 0.412. The van der Waals surface area contributed by atoms with E-state index in [4.69, 9.17) is 9.90 Å². The van der Waals surface area contributed by atoms with Crippen molar-refractivity contribution in [2.45, 2.75) is 31.1 Å². The second kappa shape index (κ2) is 8.13. The molecular weight excluding hydrogens is 397 g/mol. The van der Waals surface area contributed by atoms with E-state index in [2.05, 4.69) is 14.9 Å². The number of rotatable bonds is 2. The monoisotopic (exact) mass is 414 g/mol. The predicted molar refractivity (Wildman–Crippen MR) is 95.2 cm³/mol. The van der Waals surface area contributed by atoms with Crippen LogP contribution in [-0.4, -0.2) is 63.2 Å². The number of aromatic nitrogens is 2. The maximum absolute atomic E-state index is 12.6. The number of fused-ring (bicyclic) bond motifs is 1. The highest BCUT2D eigenvalue weighted by Gasteiger charge is 2.45. The molecule has 11 heteroatoms. The normalized spacial score (nSPS) is 21.1. The molecule has 2 aliphatic rings. The minimum atomic E-state index is -5.08. The number of amides is 1. The molecule has 2 fully saturated rings. The average molecular weight is 414 g/mol. The van der Waals surface area contributed by atoms with E-state index in [9.17, 15) is 18.0 Å². The molecule has 0 aliphatic carbocycles. The first kappa shape index (κ1) is 20.1. The molecule has 28 heavy (non-hydrogen) atoms. The zero-order valence-electron chi connectivity index (χ0n) is 14.5. The first-order valence-electron chi connectivity index (χ1n) is 8.47. The molecule has 2 aliphatic heterocycles. The number of likely N-dealkylation sites (tertiary alicyclic amines) is 1. The van der Waals surface area contributed by atoms with Gasteiger partial charge in [0, 0.05) is 25.5 Å². The zero-order valence-corrected chi connectivity index (χ0v) is 15.4. The molecule has 0 bridgehead atoms. The zero-order chi connectivity index (χ0) is 20.3. The first-order valence-corrected chi connectivity index (χ1v) is 9.35. The highest BCUT2D eigenvalue weighted by Crippen LogP contribution is 2.34. The van der Waals surface area contributed by atoms with Crippen molar-refractivity contribution in [3.8, 4) is 0 Å². The molecule has 0 spiro atoms. The third kappa shape index (κ3) is 4.24. The molecule has 0 saturated carbocycles. The van der Waals surface area contributed by atoms with Gasteiger partial charge in [0.25, 0.3) is 5.91 Å². The van der Waals surface area contributed by atoms with Gasteiger partial charge in [-0.2, -0.15) is 13.2 Å². The van der Waals surface area contributed by atoms with Gasteiger partial charge >= 0.3 is 12.1 Å². The van der Waals surface area contributed by atoms with Gasteiger partial charge in [-0.3, -0.25) is 4.79 Å². The highest BCUT2D eigenvalue weighted by molar-refractivity contribution is 7.12. The summed E-state index contributed by atoms with van der Waals surface area (Å²) in [6.07, 6.45) is 0.471. The Morgan fingerprint density at radius 3 is 2.32 bits per heavy atom. The lowest BCUT2D eigenvalue weighted by molar-refractivity contribution is -0.192. The molecule has 4 rings (SSSR count). The SMILES string of the molecule is O=C(O)C(F)(F)F.O=C(c1cccs1)N1CC[C@H]2[C@H]1CCN2c1ncccn1. The minimum Gasteiger partial charge on any atom is -0.475 e. The van der Waals surface area contributed by atoms with Gasteiger partial charge in [-0.05, 0) is 30.4 Å². The average Bonchev–Trinajstić information content (AvgIpc) is 3.39. The standard InChI is InChI=1S/C15H16N4OS.C2HF3O2/c20-14(13-3-1-10-21-13)18-8-4-12-11(18)5-9-19(12)15-16-6-2-7-17-15;3-2(4,5)1(6)7/h1-3,6-7,10-12H,4-5,8-9H2;(H,6,7)/t11-,12+;/m1./s1. The van der Waals surface area contributed by atoms with E-state index in [1.54, 1.807) is 12.4 Å². The van der Waals surface area contributed by atoms with Crippen LogP contribution >= 0.6 is 11.3 Å². The predicted octanol–water partition coefficient (Wildman–Crippen LogP) is 2.66. The summed E-state index contributed by atoms with van der Waals surface area (Å²) in [5.74, 6) is -1.80. The Hall–Kier alpha value is -2.69. The van der Waals surface area contributed by atoms with Crippen molar-refractivity contribution >= 4 is 29.2 Å². The molecule has 0 unspecified atom stereocenters. The number of carboxylic acid groups (broad SMARTS) is 1. The fourth-order valence-corrected chi connectivity index (χ4v) is 4.15. The fourth-order valence-electron chi connectivity index (χ4n) is 3.47. The van der Waals surface area contributed by atoms with Crippen LogP contribution in [0.15, 0.2) is 36.0 Å². The lowest BCUT2D eigenvalue weighted by Crippen LogP contribution is -2.39. The lowest BCUT2D eigenvalue weighted by Gasteiger charge is -2.25. The van der Waals surface area contributed by atoms with E-state index in [0.717, 1.165) is 36.8 Å². The number of halogens is 3. The molecule has 150 valence electrons. The van der Waals surface area contributed by atoms with Gasteiger partial charge in [-0.1, -0.05) is 6.07 Å². The summed E-state index contributed by atoms with van der Waals surface area (Å²) in [5, 5.41) is 9.08. The maximum Gasteiger partial charge on any atom is 0.490 e. The van der Waals surface area contributed by atoms with E-state index in [-0.39, 0.29) is 5.91 Å². The molecule has 2 atom stereocenters. The van der Waals surface area contributed by atoms with Crippen molar-refractivity contribution in [2.24, 2.45) is 0 Å². The van der Waals surface area contributed by atoms with Gasteiger partial charge in [-0.25, -0.2) is 14.8 Å². The van der Waals surface area contributed by atoms with Crippen LogP contribution in [0.1, 0.15) is 22.5 Å². The summed E-state index contributed by atoms with van der Waals surface area (Å²) >= 11 is 1.52. The van der Waals surface area contributed by atoms with Crippen LogP contribution in [-0.2, 0) is 4.79 Å². The molecular formula is C17H17F3N4O3S. The number of carboxylic acids is 1. The Kier molecular flexibility index (Phi) is 5.82. The molecule has 0 radical (unpaired) electrons. The number of hydrogen-bond acceptors (Lipinski definition) is 6.